The van der Waals surface area contributed by atoms with Crippen molar-refractivity contribution in [3.05, 3.63) is 47.5 Å². The van der Waals surface area contributed by atoms with Gasteiger partial charge < -0.3 is 19.1 Å². The molecule has 0 aliphatic carbocycles. The molecular weight excluding hydrogens is 559 g/mol. The van der Waals surface area contributed by atoms with Gasteiger partial charge in [0.1, 0.15) is 47.1 Å². The molecule has 220 valence electrons. The van der Waals surface area contributed by atoms with Crippen molar-refractivity contribution in [3.63, 3.8) is 0 Å². The number of alkyl halides is 1. The van der Waals surface area contributed by atoms with Crippen molar-refractivity contribution >= 4 is 27.5 Å². The molecule has 0 radical (unpaired) electrons. The van der Waals surface area contributed by atoms with Crippen LogP contribution in [0.5, 0.6) is 11.9 Å². The quantitative estimate of drug-likeness (QED) is 0.320. The van der Waals surface area contributed by atoms with Crippen molar-refractivity contribution in [2.45, 2.75) is 43.1 Å². The number of anilines is 1. The molecule has 0 saturated carbocycles. The second-order valence-corrected chi connectivity index (χ2v) is 11.8. The van der Waals surface area contributed by atoms with E-state index in [9.17, 15) is 8.78 Å². The highest BCUT2D eigenvalue weighted by Crippen LogP contribution is 2.44. The van der Waals surface area contributed by atoms with E-state index in [0.29, 0.717) is 53.7 Å². The van der Waals surface area contributed by atoms with Crippen LogP contribution in [-0.2, 0) is 4.74 Å². The third-order valence-corrected chi connectivity index (χ3v) is 9.43. The summed E-state index contributed by atoms with van der Waals surface area (Å²) in [5, 5.41) is 1.31. The average molecular weight is 588 g/mol. The Morgan fingerprint density at radius 2 is 2.02 bits per heavy atom. The summed E-state index contributed by atoms with van der Waals surface area (Å²) < 4.78 is 64.3. The number of fused-ring (bicyclic) bond motifs is 3. The van der Waals surface area contributed by atoms with Crippen LogP contribution in [-0.4, -0.2) is 83.7 Å². The molecule has 3 saturated heterocycles. The van der Waals surface area contributed by atoms with Crippen molar-refractivity contribution in [1.29, 1.82) is 0 Å². The summed E-state index contributed by atoms with van der Waals surface area (Å²) in [5.41, 5.74) is -0.233. The van der Waals surface area contributed by atoms with Gasteiger partial charge in [-0.3, -0.25) is 4.90 Å². The van der Waals surface area contributed by atoms with Gasteiger partial charge in [-0.05, 0) is 30.8 Å². The first-order valence-electron chi connectivity index (χ1n) is 14.5. The van der Waals surface area contributed by atoms with E-state index < -0.39 is 29.4 Å². The van der Waals surface area contributed by atoms with Crippen LogP contribution in [0.2, 0.25) is 0 Å². The van der Waals surface area contributed by atoms with Gasteiger partial charge in [0.05, 0.1) is 30.4 Å². The summed E-state index contributed by atoms with van der Waals surface area (Å²) in [6, 6.07) is 7.82. The molecule has 4 atom stereocenters. The van der Waals surface area contributed by atoms with Gasteiger partial charge in [0.15, 0.2) is 5.82 Å². The fourth-order valence-corrected chi connectivity index (χ4v) is 7.32. The summed E-state index contributed by atoms with van der Waals surface area (Å²) in [7, 11) is 1.84. The number of pyridine rings is 1. The summed E-state index contributed by atoms with van der Waals surface area (Å²) in [6.07, 6.45) is 6.55. The first-order valence-corrected chi connectivity index (χ1v) is 14.5. The molecule has 0 bridgehead atoms. The van der Waals surface area contributed by atoms with Gasteiger partial charge in [0.2, 0.25) is 5.88 Å². The molecule has 8 rings (SSSR count). The molecule has 0 unspecified atom stereocenters. The second-order valence-electron chi connectivity index (χ2n) is 11.8. The van der Waals surface area contributed by atoms with Crippen LogP contribution < -0.4 is 14.4 Å². The van der Waals surface area contributed by atoms with Crippen LogP contribution in [0.4, 0.5) is 19.0 Å². The number of hydrogen-bond donors (Lipinski definition) is 0. The van der Waals surface area contributed by atoms with E-state index in [1.165, 1.54) is 6.07 Å². The first kappa shape index (κ1) is 26.5. The molecule has 11 heteroatoms. The predicted octanol–water partition coefficient (Wildman–Crippen LogP) is 4.66. The smallest absolute Gasteiger partial charge is 0.319 e. The number of hydrogen-bond acceptors (Lipinski definition) is 8. The average Bonchev–Trinajstić information content (AvgIpc) is 3.69. The van der Waals surface area contributed by atoms with Crippen molar-refractivity contribution in [2.75, 3.05) is 44.9 Å². The third-order valence-electron chi connectivity index (χ3n) is 9.43. The minimum atomic E-state index is -0.916. The molecule has 8 nitrogen and oxygen atoms in total. The van der Waals surface area contributed by atoms with Crippen LogP contribution in [0.15, 0.2) is 30.3 Å². The highest BCUT2D eigenvalue weighted by atomic mass is 19.1. The van der Waals surface area contributed by atoms with Gasteiger partial charge in [0, 0.05) is 31.0 Å². The normalized spacial score (nSPS) is 26.3. The fraction of sp³-hybridized carbons (Fsp3) is 0.406. The Kier molecular flexibility index (Phi) is 5.97. The number of likely N-dealkylation sites (N-methyl/N-ethyl adjacent to an activating group) is 1. The van der Waals surface area contributed by atoms with E-state index in [2.05, 4.69) is 20.8 Å². The van der Waals surface area contributed by atoms with E-state index in [-0.39, 0.29) is 41.3 Å². The SMILES string of the molecule is C#Cc1c(F)ccc2cccc(-c3nc4c5c(nc(OC[C@@]67CCCN6C[C@H](F)C7)nc5c3F)N(C)[C@H]3COC[C@@H]3O4)c12. The zero-order valence-electron chi connectivity index (χ0n) is 23.4. The lowest BCUT2D eigenvalue weighted by atomic mass is 9.95. The van der Waals surface area contributed by atoms with Crippen LogP contribution in [0.3, 0.4) is 0 Å². The van der Waals surface area contributed by atoms with Gasteiger partial charge in [0.25, 0.3) is 0 Å². The number of terminal acetylenes is 1. The van der Waals surface area contributed by atoms with Crippen molar-refractivity contribution in [2.24, 2.45) is 0 Å². The molecule has 0 amide bonds. The summed E-state index contributed by atoms with van der Waals surface area (Å²) in [4.78, 5) is 18.0. The Morgan fingerprint density at radius 3 is 2.88 bits per heavy atom. The van der Waals surface area contributed by atoms with E-state index >= 15 is 4.39 Å². The topological polar surface area (TPSA) is 72.8 Å². The monoisotopic (exact) mass is 587 g/mol. The second kappa shape index (κ2) is 9.69. The minimum Gasteiger partial charge on any atom is -0.469 e. The molecule has 4 aliphatic heterocycles. The summed E-state index contributed by atoms with van der Waals surface area (Å²) in [5.74, 6) is 1.63. The molecule has 3 fully saturated rings. The van der Waals surface area contributed by atoms with E-state index in [0.717, 1.165) is 19.4 Å². The lowest BCUT2D eigenvalue weighted by molar-refractivity contribution is 0.107. The molecule has 4 aromatic rings. The zero-order valence-corrected chi connectivity index (χ0v) is 23.4. The van der Waals surface area contributed by atoms with E-state index in [1.54, 1.807) is 24.3 Å². The largest absolute Gasteiger partial charge is 0.469 e. The lowest BCUT2D eigenvalue weighted by Crippen LogP contribution is -2.44. The number of ether oxygens (including phenoxy) is 3. The summed E-state index contributed by atoms with van der Waals surface area (Å²) in [6.45, 7) is 2.09. The van der Waals surface area contributed by atoms with Gasteiger partial charge in [-0.25, -0.2) is 18.2 Å². The maximum Gasteiger partial charge on any atom is 0.319 e. The van der Waals surface area contributed by atoms with Crippen molar-refractivity contribution < 1.29 is 27.4 Å². The maximum atomic E-state index is 16.8. The zero-order chi connectivity index (χ0) is 29.5. The Hall–Kier alpha value is -4.14. The molecular formula is C32H28F3N5O3. The van der Waals surface area contributed by atoms with Gasteiger partial charge in [-0.2, -0.15) is 9.97 Å². The molecule has 2 aromatic carbocycles. The maximum absolute atomic E-state index is 16.8. The van der Waals surface area contributed by atoms with E-state index in [1.807, 2.05) is 11.9 Å². The Balaban J connectivity index is 1.32. The summed E-state index contributed by atoms with van der Waals surface area (Å²) >= 11 is 0. The molecule has 43 heavy (non-hydrogen) atoms. The van der Waals surface area contributed by atoms with Crippen LogP contribution >= 0.6 is 0 Å². The predicted molar refractivity (Wildman–Crippen MR) is 154 cm³/mol. The lowest BCUT2D eigenvalue weighted by Gasteiger charge is -2.31. The third kappa shape index (κ3) is 3.96. The molecule has 0 N–H and O–H groups in total. The van der Waals surface area contributed by atoms with E-state index in [4.69, 9.17) is 25.6 Å². The van der Waals surface area contributed by atoms with Crippen LogP contribution in [0.1, 0.15) is 24.8 Å². The standard InChI is InChI=1S/C32H28F3N5O3/c1-3-19-21(34)9-8-17-6-4-7-20(24(17)19)27-26(35)28-25-29(39(2)22-14-41-15-23(22)43-30(25)36-27)38-31(37-28)42-16-32-10-5-11-40(32)13-18(33)12-32/h1,4,6-9,18,22-23H,5,10-16H2,2H3/t18-,22+,23+,32+/m1/s1. The number of benzene rings is 2. The molecule has 0 spiro atoms. The minimum absolute atomic E-state index is 0.0145. The van der Waals surface area contributed by atoms with Gasteiger partial charge in [-0.1, -0.05) is 30.2 Å². The number of halogens is 3. The fourth-order valence-electron chi connectivity index (χ4n) is 7.32. The Bertz CT molecular complexity index is 1850. The molecule has 2 aromatic heterocycles. The molecule has 6 heterocycles. The Morgan fingerprint density at radius 1 is 1.14 bits per heavy atom. The van der Waals surface area contributed by atoms with Gasteiger partial charge >= 0.3 is 6.01 Å². The highest BCUT2D eigenvalue weighted by molar-refractivity contribution is 6.03. The Labute approximate surface area is 245 Å². The first-order chi connectivity index (χ1) is 20.9. The number of aromatic nitrogens is 3. The van der Waals surface area contributed by atoms with Crippen LogP contribution in [0, 0.1) is 24.0 Å². The number of rotatable bonds is 4. The molecule has 4 aliphatic rings. The van der Waals surface area contributed by atoms with Crippen molar-refractivity contribution in [1.82, 2.24) is 19.9 Å². The highest BCUT2D eigenvalue weighted by Gasteiger charge is 2.49. The van der Waals surface area contributed by atoms with Crippen molar-refractivity contribution in [3.8, 4) is 35.5 Å². The number of nitrogens with zero attached hydrogens (tertiary/aromatic N) is 5. The van der Waals surface area contributed by atoms with Crippen LogP contribution in [0.25, 0.3) is 32.9 Å². The van der Waals surface area contributed by atoms with Gasteiger partial charge in [-0.15, -0.1) is 6.42 Å².